The lowest BCUT2D eigenvalue weighted by molar-refractivity contribution is -0.0436. The smallest absolute Gasteiger partial charge is 0.495 e. The van der Waals surface area contributed by atoms with Gasteiger partial charge >= 0.3 is 5.51 Å². The predicted molar refractivity (Wildman–Crippen MR) is 106 cm³/mol. The van der Waals surface area contributed by atoms with Crippen LogP contribution in [-0.4, -0.2) is 31.9 Å². The van der Waals surface area contributed by atoms with Crippen LogP contribution < -0.4 is 10.1 Å². The van der Waals surface area contributed by atoms with Gasteiger partial charge in [0.25, 0.3) is 15.7 Å². The Labute approximate surface area is 178 Å². The summed E-state index contributed by atoms with van der Waals surface area (Å²) in [5.41, 5.74) is -4.85. The van der Waals surface area contributed by atoms with Gasteiger partial charge in [-0.1, -0.05) is 0 Å². The number of carbonyl (C=O) groups is 1. The molecule has 0 radical (unpaired) electrons. The van der Waals surface area contributed by atoms with Crippen LogP contribution in [0.4, 0.5) is 23.2 Å². The Morgan fingerprint density at radius 2 is 1.77 bits per heavy atom. The maximum absolute atomic E-state index is 13.1. The molecule has 164 valence electrons. The van der Waals surface area contributed by atoms with Crippen LogP contribution in [0.5, 0.6) is 5.75 Å². The van der Waals surface area contributed by atoms with E-state index in [0.29, 0.717) is 22.3 Å². The zero-order chi connectivity index (χ0) is 23.0. The molecule has 3 rings (SSSR count). The molecule has 12 heteroatoms. The number of hydrogen-bond donors (Lipinski definition) is 1. The number of ether oxygens (including phenoxy) is 1. The van der Waals surface area contributed by atoms with Gasteiger partial charge in [0.2, 0.25) is 0 Å². The Morgan fingerprint density at radius 1 is 1.13 bits per heavy atom. The molecule has 1 amide bonds. The lowest BCUT2D eigenvalue weighted by atomic mass is 10.2. The second kappa shape index (κ2) is 8.27. The molecule has 0 aliphatic heterocycles. The minimum absolute atomic E-state index is 0.0320. The van der Waals surface area contributed by atoms with E-state index in [2.05, 4.69) is 10.3 Å². The number of aryl methyl sites for hydroxylation is 1. The van der Waals surface area contributed by atoms with Crippen LogP contribution in [0.1, 0.15) is 15.4 Å². The van der Waals surface area contributed by atoms with Gasteiger partial charge in [0.15, 0.2) is 0 Å². The predicted octanol–water partition coefficient (Wildman–Crippen LogP) is 4.81. The average molecular weight is 474 g/mol. The number of nitrogens with one attached hydrogen (secondary N) is 1. The van der Waals surface area contributed by atoms with Crippen LogP contribution in [0.2, 0.25) is 0 Å². The molecule has 0 saturated carbocycles. The number of sulfone groups is 1. The number of halogens is 4. The van der Waals surface area contributed by atoms with Gasteiger partial charge in [-0.2, -0.15) is 13.2 Å². The summed E-state index contributed by atoms with van der Waals surface area (Å²) >= 11 is 0.989. The number of aromatic nitrogens is 1. The van der Waals surface area contributed by atoms with Crippen molar-refractivity contribution in [1.29, 1.82) is 0 Å². The highest BCUT2D eigenvalue weighted by molar-refractivity contribution is 7.92. The number of methoxy groups -OCH3 is 1. The zero-order valence-corrected chi connectivity index (χ0v) is 17.6. The fourth-order valence-corrected chi connectivity index (χ4v) is 4.34. The number of amides is 1. The summed E-state index contributed by atoms with van der Waals surface area (Å²) in [5, 5.41) is 2.80. The van der Waals surface area contributed by atoms with Gasteiger partial charge in [0.1, 0.15) is 21.5 Å². The molecule has 6 nitrogen and oxygen atoms in total. The van der Waals surface area contributed by atoms with Gasteiger partial charge < -0.3 is 10.1 Å². The highest BCUT2D eigenvalue weighted by atomic mass is 32.2. The van der Waals surface area contributed by atoms with Gasteiger partial charge in [-0.05, 0) is 49.4 Å². The van der Waals surface area contributed by atoms with Gasteiger partial charge in [0, 0.05) is 5.56 Å². The summed E-state index contributed by atoms with van der Waals surface area (Å²) in [4.78, 5) is 16.1. The molecule has 0 fully saturated rings. The molecule has 1 heterocycles. The van der Waals surface area contributed by atoms with Crippen molar-refractivity contribution in [2.75, 3.05) is 12.4 Å². The maximum Gasteiger partial charge on any atom is 0.501 e. The first-order chi connectivity index (χ1) is 14.4. The standard InChI is InChI=1S/C19H14F4N2O4S2/c1-10-16(30-18(24-10)11-3-5-12(20)6-4-11)17(26)25-14-9-13(7-8-15(14)29-2)31(27,28)19(21,22)23/h3-9H,1-2H3,(H,25,26). The van der Waals surface area contributed by atoms with E-state index in [-0.39, 0.29) is 16.3 Å². The third-order valence-corrected chi connectivity index (χ3v) is 6.82. The van der Waals surface area contributed by atoms with Crippen LogP contribution in [-0.2, 0) is 9.84 Å². The lowest BCUT2D eigenvalue weighted by Crippen LogP contribution is -2.23. The van der Waals surface area contributed by atoms with Crippen molar-refractivity contribution < 1.29 is 35.5 Å². The number of thiazole rings is 1. The number of alkyl halides is 3. The second-order valence-corrected chi connectivity index (χ2v) is 9.15. The molecule has 0 spiro atoms. The molecule has 2 aromatic carbocycles. The highest BCUT2D eigenvalue weighted by Crippen LogP contribution is 2.35. The first kappa shape index (κ1) is 22.7. The Morgan fingerprint density at radius 3 is 2.35 bits per heavy atom. The van der Waals surface area contributed by atoms with E-state index in [1.807, 2.05) is 0 Å². The normalized spacial score (nSPS) is 11.9. The fraction of sp³-hybridized carbons (Fsp3) is 0.158. The van der Waals surface area contributed by atoms with Crippen molar-refractivity contribution in [3.05, 3.63) is 58.9 Å². The summed E-state index contributed by atoms with van der Waals surface area (Å²) in [6, 6.07) is 7.89. The van der Waals surface area contributed by atoms with Crippen molar-refractivity contribution >= 4 is 32.8 Å². The van der Waals surface area contributed by atoms with Crippen LogP contribution >= 0.6 is 11.3 Å². The Hall–Kier alpha value is -2.99. The molecule has 0 bridgehead atoms. The van der Waals surface area contributed by atoms with Crippen molar-refractivity contribution in [2.24, 2.45) is 0 Å². The maximum atomic E-state index is 13.1. The summed E-state index contributed by atoms with van der Waals surface area (Å²) in [6.45, 7) is 1.56. The van der Waals surface area contributed by atoms with Crippen molar-refractivity contribution in [2.45, 2.75) is 17.3 Å². The van der Waals surface area contributed by atoms with Crippen LogP contribution in [0.25, 0.3) is 10.6 Å². The van der Waals surface area contributed by atoms with Gasteiger partial charge in [-0.15, -0.1) is 11.3 Å². The molecular formula is C19H14F4N2O4S2. The topological polar surface area (TPSA) is 85.4 Å². The first-order valence-electron chi connectivity index (χ1n) is 8.48. The van der Waals surface area contributed by atoms with E-state index in [4.69, 9.17) is 4.74 Å². The summed E-state index contributed by atoms with van der Waals surface area (Å²) in [7, 11) is -4.40. The fourth-order valence-electron chi connectivity index (χ4n) is 2.59. The third-order valence-electron chi connectivity index (χ3n) is 4.13. The number of benzene rings is 2. The average Bonchev–Trinajstić information content (AvgIpc) is 3.09. The number of carbonyl (C=O) groups excluding carboxylic acids is 1. The number of anilines is 1. The summed E-state index contributed by atoms with van der Waals surface area (Å²) < 4.78 is 80.1. The van der Waals surface area contributed by atoms with Gasteiger partial charge in [-0.25, -0.2) is 17.8 Å². The number of rotatable bonds is 5. The number of hydrogen-bond acceptors (Lipinski definition) is 6. The highest BCUT2D eigenvalue weighted by Gasteiger charge is 2.47. The molecule has 1 N–H and O–H groups in total. The van der Waals surface area contributed by atoms with Gasteiger partial charge in [0.05, 0.1) is 23.4 Å². The molecule has 0 aliphatic rings. The third kappa shape index (κ3) is 4.54. The molecule has 31 heavy (non-hydrogen) atoms. The largest absolute Gasteiger partial charge is 0.501 e. The summed E-state index contributed by atoms with van der Waals surface area (Å²) in [6.07, 6.45) is 0. The minimum atomic E-state index is -5.62. The van der Waals surface area contributed by atoms with E-state index in [9.17, 15) is 30.8 Å². The number of nitrogens with zero attached hydrogens (tertiary/aromatic N) is 1. The van der Waals surface area contributed by atoms with E-state index in [1.165, 1.54) is 31.4 Å². The van der Waals surface area contributed by atoms with E-state index < -0.39 is 32.0 Å². The monoisotopic (exact) mass is 474 g/mol. The molecule has 0 aliphatic carbocycles. The van der Waals surface area contributed by atoms with Crippen molar-refractivity contribution in [3.8, 4) is 16.3 Å². The lowest BCUT2D eigenvalue weighted by Gasteiger charge is -2.13. The van der Waals surface area contributed by atoms with E-state index >= 15 is 0 Å². The van der Waals surface area contributed by atoms with Crippen LogP contribution in [0, 0.1) is 12.7 Å². The Balaban J connectivity index is 1.95. The van der Waals surface area contributed by atoms with Crippen LogP contribution in [0.3, 0.4) is 0 Å². The van der Waals surface area contributed by atoms with Crippen LogP contribution in [0.15, 0.2) is 47.4 Å². The van der Waals surface area contributed by atoms with E-state index in [0.717, 1.165) is 23.5 Å². The molecule has 0 unspecified atom stereocenters. The zero-order valence-electron chi connectivity index (χ0n) is 16.0. The van der Waals surface area contributed by atoms with Crippen molar-refractivity contribution in [3.63, 3.8) is 0 Å². The molecule has 0 atom stereocenters. The second-order valence-electron chi connectivity index (χ2n) is 6.21. The van der Waals surface area contributed by atoms with Crippen molar-refractivity contribution in [1.82, 2.24) is 4.98 Å². The molecule has 3 aromatic rings. The molecule has 1 aromatic heterocycles. The molecule has 0 saturated heterocycles. The first-order valence-corrected chi connectivity index (χ1v) is 10.8. The minimum Gasteiger partial charge on any atom is -0.495 e. The Kier molecular flexibility index (Phi) is 6.05. The molecular weight excluding hydrogens is 460 g/mol. The summed E-state index contributed by atoms with van der Waals surface area (Å²) in [5.74, 6) is -1.19. The SMILES string of the molecule is COc1ccc(S(=O)(=O)C(F)(F)F)cc1NC(=O)c1sc(-c2ccc(F)cc2)nc1C. The van der Waals surface area contributed by atoms with E-state index in [1.54, 1.807) is 6.92 Å². The van der Waals surface area contributed by atoms with Gasteiger partial charge in [-0.3, -0.25) is 4.79 Å². The quantitative estimate of drug-likeness (QED) is 0.537. The Bertz CT molecular complexity index is 1240.